The molecule has 0 saturated heterocycles. The van der Waals surface area contributed by atoms with Crippen molar-refractivity contribution in [3.8, 4) is 0 Å². The Morgan fingerprint density at radius 1 is 1.18 bits per heavy atom. The second-order valence-corrected chi connectivity index (χ2v) is 6.40. The Bertz CT molecular complexity index is 321. The highest BCUT2D eigenvalue weighted by Crippen LogP contribution is 2.62. The Hall–Kier alpha value is -0.790. The zero-order chi connectivity index (χ0) is 12.0. The lowest BCUT2D eigenvalue weighted by molar-refractivity contribution is -0.142. The highest BCUT2D eigenvalue weighted by Gasteiger charge is 2.53. The van der Waals surface area contributed by atoms with Crippen LogP contribution in [-0.2, 0) is 9.53 Å². The van der Waals surface area contributed by atoms with E-state index in [4.69, 9.17) is 4.74 Å². The molecule has 4 aliphatic rings. The maximum Gasteiger partial charge on any atom is 0.333 e. The minimum atomic E-state index is -0.144. The summed E-state index contributed by atoms with van der Waals surface area (Å²) in [7, 11) is 0. The lowest BCUT2D eigenvalue weighted by Gasteiger charge is -2.57. The van der Waals surface area contributed by atoms with Gasteiger partial charge in [-0.15, -0.1) is 0 Å². The van der Waals surface area contributed by atoms with Crippen molar-refractivity contribution in [3.63, 3.8) is 0 Å². The molecule has 4 aliphatic carbocycles. The van der Waals surface area contributed by atoms with Crippen molar-refractivity contribution in [3.05, 3.63) is 12.2 Å². The van der Waals surface area contributed by atoms with E-state index >= 15 is 0 Å². The molecule has 0 heterocycles. The van der Waals surface area contributed by atoms with Gasteiger partial charge < -0.3 is 4.74 Å². The number of hydrogen-bond acceptors (Lipinski definition) is 2. The predicted octanol–water partition coefficient (Wildman–Crippen LogP) is 3.32. The molecule has 0 aromatic heterocycles. The molecule has 0 amide bonds. The fourth-order valence-electron chi connectivity index (χ4n) is 4.91. The lowest BCUT2D eigenvalue weighted by Crippen LogP contribution is -2.48. The van der Waals surface area contributed by atoms with Gasteiger partial charge in [0.15, 0.2) is 0 Å². The molecule has 0 aliphatic heterocycles. The largest absolute Gasteiger partial charge is 0.463 e. The second kappa shape index (κ2) is 3.86. The molecule has 4 fully saturated rings. The normalized spacial score (nSPS) is 42.5. The summed E-state index contributed by atoms with van der Waals surface area (Å²) in [6.07, 6.45) is 7.77. The maximum atomic E-state index is 11.9. The smallest absolute Gasteiger partial charge is 0.333 e. The van der Waals surface area contributed by atoms with Crippen molar-refractivity contribution in [1.29, 1.82) is 0 Å². The Morgan fingerprint density at radius 2 is 1.65 bits per heavy atom. The van der Waals surface area contributed by atoms with Crippen molar-refractivity contribution in [2.45, 2.75) is 45.4 Å². The number of ether oxygens (including phenoxy) is 1. The Balaban J connectivity index is 1.82. The zero-order valence-corrected chi connectivity index (χ0v) is 10.7. The average Bonchev–Trinajstić information content (AvgIpc) is 2.26. The van der Waals surface area contributed by atoms with Gasteiger partial charge in [-0.05, 0) is 63.2 Å². The molecule has 17 heavy (non-hydrogen) atoms. The van der Waals surface area contributed by atoms with E-state index in [1.54, 1.807) is 0 Å². The fraction of sp³-hybridized carbons (Fsp3) is 0.800. The Labute approximate surface area is 103 Å². The molecule has 0 aromatic carbocycles. The molecule has 0 radical (unpaired) electrons. The van der Waals surface area contributed by atoms with E-state index in [9.17, 15) is 4.79 Å². The van der Waals surface area contributed by atoms with Crippen molar-refractivity contribution >= 4 is 5.97 Å². The van der Waals surface area contributed by atoms with Crippen LogP contribution < -0.4 is 0 Å². The molecule has 0 unspecified atom stereocenters. The van der Waals surface area contributed by atoms with Crippen LogP contribution in [0.15, 0.2) is 12.2 Å². The second-order valence-electron chi connectivity index (χ2n) is 6.40. The molecule has 0 N–H and O–H groups in total. The summed E-state index contributed by atoms with van der Waals surface area (Å²) in [5, 5.41) is 0. The quantitative estimate of drug-likeness (QED) is 0.553. The molecule has 94 valence electrons. The number of rotatable bonds is 3. The van der Waals surface area contributed by atoms with Crippen LogP contribution in [0.5, 0.6) is 0 Å². The van der Waals surface area contributed by atoms with Gasteiger partial charge in [0.2, 0.25) is 0 Å². The third kappa shape index (κ3) is 1.73. The highest BCUT2D eigenvalue weighted by atomic mass is 16.5. The monoisotopic (exact) mass is 234 g/mol. The first-order valence-electron chi connectivity index (χ1n) is 6.99. The summed E-state index contributed by atoms with van der Waals surface area (Å²) in [5.41, 5.74) is 0.888. The van der Waals surface area contributed by atoms with Gasteiger partial charge in [-0.3, -0.25) is 0 Å². The van der Waals surface area contributed by atoms with Crippen LogP contribution in [0.25, 0.3) is 0 Å². The van der Waals surface area contributed by atoms with Gasteiger partial charge in [-0.25, -0.2) is 4.79 Å². The Kier molecular flexibility index (Phi) is 2.57. The van der Waals surface area contributed by atoms with Gasteiger partial charge in [-0.2, -0.15) is 0 Å². The predicted molar refractivity (Wildman–Crippen MR) is 66.4 cm³/mol. The number of esters is 1. The minimum absolute atomic E-state index is 0.112. The third-order valence-electron chi connectivity index (χ3n) is 5.20. The maximum absolute atomic E-state index is 11.9. The molecule has 0 aromatic rings. The van der Waals surface area contributed by atoms with Crippen LogP contribution >= 0.6 is 0 Å². The van der Waals surface area contributed by atoms with Gasteiger partial charge in [0.05, 0.1) is 6.61 Å². The minimum Gasteiger partial charge on any atom is -0.463 e. The van der Waals surface area contributed by atoms with Gasteiger partial charge in [-0.1, -0.05) is 6.58 Å². The van der Waals surface area contributed by atoms with Crippen LogP contribution in [0, 0.1) is 23.2 Å². The first-order valence-corrected chi connectivity index (χ1v) is 6.99. The first-order chi connectivity index (χ1) is 8.13. The van der Waals surface area contributed by atoms with E-state index in [1.165, 1.54) is 38.5 Å². The van der Waals surface area contributed by atoms with Gasteiger partial charge >= 0.3 is 5.97 Å². The van der Waals surface area contributed by atoms with Crippen LogP contribution in [0.4, 0.5) is 0 Å². The topological polar surface area (TPSA) is 26.3 Å². The van der Waals surface area contributed by atoms with Crippen molar-refractivity contribution in [2.24, 2.45) is 23.2 Å². The molecule has 4 saturated carbocycles. The zero-order valence-electron chi connectivity index (χ0n) is 10.7. The molecule has 0 spiro atoms. The molecule has 2 heteroatoms. The van der Waals surface area contributed by atoms with Gasteiger partial charge in [0.1, 0.15) is 0 Å². The number of hydrogen-bond donors (Lipinski definition) is 0. The average molecular weight is 234 g/mol. The van der Waals surface area contributed by atoms with Crippen LogP contribution in [-0.4, -0.2) is 12.6 Å². The van der Waals surface area contributed by atoms with Crippen molar-refractivity contribution < 1.29 is 9.53 Å². The summed E-state index contributed by atoms with van der Waals surface area (Å²) in [5.74, 6) is 2.42. The number of carbonyl (C=O) groups excluding carboxylic acids is 1. The van der Waals surface area contributed by atoms with E-state index in [0.717, 1.165) is 23.3 Å². The molecule has 4 rings (SSSR count). The summed E-state index contributed by atoms with van der Waals surface area (Å²) in [4.78, 5) is 11.9. The molecule has 4 bridgehead atoms. The van der Waals surface area contributed by atoms with E-state index in [-0.39, 0.29) is 11.4 Å². The standard InChI is InChI=1S/C15H22O2/c1-3-17-14(16)10(2)15-7-11-4-12(8-15)6-13(5-11)9-15/h11-13H,2-9H2,1H3. The Morgan fingerprint density at radius 3 is 2.06 bits per heavy atom. The van der Waals surface area contributed by atoms with Crippen LogP contribution in [0.2, 0.25) is 0 Å². The fourth-order valence-corrected chi connectivity index (χ4v) is 4.91. The molecule has 2 nitrogen and oxygen atoms in total. The summed E-state index contributed by atoms with van der Waals surface area (Å²) < 4.78 is 5.15. The first kappa shape index (κ1) is 11.3. The number of carbonyl (C=O) groups is 1. The van der Waals surface area contributed by atoms with Crippen LogP contribution in [0.3, 0.4) is 0 Å². The molecular formula is C15H22O2. The van der Waals surface area contributed by atoms with Crippen molar-refractivity contribution in [1.82, 2.24) is 0 Å². The third-order valence-corrected chi connectivity index (χ3v) is 5.20. The van der Waals surface area contributed by atoms with Gasteiger partial charge in [0.25, 0.3) is 0 Å². The van der Waals surface area contributed by atoms with E-state index < -0.39 is 0 Å². The summed E-state index contributed by atoms with van der Waals surface area (Å²) in [6.45, 7) is 6.42. The van der Waals surface area contributed by atoms with E-state index in [0.29, 0.717) is 6.61 Å². The van der Waals surface area contributed by atoms with Gasteiger partial charge in [0, 0.05) is 11.0 Å². The lowest BCUT2D eigenvalue weighted by atomic mass is 9.48. The summed E-state index contributed by atoms with van der Waals surface area (Å²) in [6, 6.07) is 0. The summed E-state index contributed by atoms with van der Waals surface area (Å²) >= 11 is 0. The SMILES string of the molecule is C=C(C(=O)OCC)C12CC3CC(CC(C3)C1)C2. The van der Waals surface area contributed by atoms with E-state index in [2.05, 4.69) is 6.58 Å². The highest BCUT2D eigenvalue weighted by molar-refractivity contribution is 5.89. The van der Waals surface area contributed by atoms with Crippen LogP contribution in [0.1, 0.15) is 45.4 Å². The van der Waals surface area contributed by atoms with Crippen molar-refractivity contribution in [2.75, 3.05) is 6.61 Å². The molecule has 0 atom stereocenters. The molecular weight excluding hydrogens is 212 g/mol. The van der Waals surface area contributed by atoms with E-state index in [1.807, 2.05) is 6.92 Å².